The largest absolute Gasteiger partial charge is 0.348 e. The van der Waals surface area contributed by atoms with Crippen LogP contribution in [0.3, 0.4) is 0 Å². The van der Waals surface area contributed by atoms with E-state index in [4.69, 9.17) is 9.47 Å². The van der Waals surface area contributed by atoms with Gasteiger partial charge in [0.25, 0.3) is 5.91 Å². The van der Waals surface area contributed by atoms with E-state index in [1.807, 2.05) is 4.90 Å². The summed E-state index contributed by atoms with van der Waals surface area (Å²) in [5, 5.41) is 2.95. The van der Waals surface area contributed by atoms with Crippen LogP contribution in [0.2, 0.25) is 0 Å². The van der Waals surface area contributed by atoms with Gasteiger partial charge in [-0.25, -0.2) is 4.79 Å². The van der Waals surface area contributed by atoms with Gasteiger partial charge in [0.1, 0.15) is 5.54 Å². The highest BCUT2D eigenvalue weighted by atomic mass is 16.7. The van der Waals surface area contributed by atoms with Crippen LogP contribution in [-0.4, -0.2) is 65.3 Å². The Labute approximate surface area is 194 Å². The van der Waals surface area contributed by atoms with E-state index in [2.05, 4.69) is 43.4 Å². The second kappa shape index (κ2) is 8.40. The number of amides is 4. The SMILES string of the molecule is CC(C)c1ccc(CN2CC(CN3C(=O)NC4(CCC5(CC4)OCCO5)C3=O)CC2=O)cc1. The highest BCUT2D eigenvalue weighted by molar-refractivity contribution is 6.07. The molecule has 3 aliphatic heterocycles. The van der Waals surface area contributed by atoms with Crippen molar-refractivity contribution in [3.63, 3.8) is 0 Å². The minimum atomic E-state index is -0.863. The van der Waals surface area contributed by atoms with Crippen molar-refractivity contribution < 1.29 is 23.9 Å². The Balaban J connectivity index is 1.19. The van der Waals surface area contributed by atoms with E-state index >= 15 is 0 Å². The molecule has 4 amide bonds. The lowest BCUT2D eigenvalue weighted by molar-refractivity contribution is -0.186. The highest BCUT2D eigenvalue weighted by Crippen LogP contribution is 2.43. The molecule has 1 unspecified atom stereocenters. The molecule has 178 valence electrons. The lowest BCUT2D eigenvalue weighted by Crippen LogP contribution is -2.53. The van der Waals surface area contributed by atoms with Crippen LogP contribution < -0.4 is 5.32 Å². The van der Waals surface area contributed by atoms with Gasteiger partial charge in [-0.2, -0.15) is 0 Å². The monoisotopic (exact) mass is 455 g/mol. The first-order valence-corrected chi connectivity index (χ1v) is 12.1. The van der Waals surface area contributed by atoms with Gasteiger partial charge in [0.2, 0.25) is 5.91 Å². The second-order valence-corrected chi connectivity index (χ2v) is 10.3. The van der Waals surface area contributed by atoms with Crippen LogP contribution in [0.1, 0.15) is 63.0 Å². The van der Waals surface area contributed by atoms with E-state index in [9.17, 15) is 14.4 Å². The molecule has 0 aromatic heterocycles. The molecule has 33 heavy (non-hydrogen) atoms. The summed E-state index contributed by atoms with van der Waals surface area (Å²) in [6.07, 6.45) is 2.57. The Bertz CT molecular complexity index is 928. The molecule has 4 aliphatic rings. The fourth-order valence-corrected chi connectivity index (χ4v) is 5.64. The zero-order valence-electron chi connectivity index (χ0n) is 19.5. The number of ether oxygens (including phenoxy) is 2. The summed E-state index contributed by atoms with van der Waals surface area (Å²) >= 11 is 0. The van der Waals surface area contributed by atoms with Crippen LogP contribution >= 0.6 is 0 Å². The van der Waals surface area contributed by atoms with Gasteiger partial charge in [0.15, 0.2) is 5.79 Å². The third-order valence-electron chi connectivity index (χ3n) is 7.68. The fourth-order valence-electron chi connectivity index (χ4n) is 5.64. The molecular formula is C25H33N3O5. The molecule has 8 heteroatoms. The molecule has 1 N–H and O–H groups in total. The van der Waals surface area contributed by atoms with Gasteiger partial charge in [-0.15, -0.1) is 0 Å². The Morgan fingerprint density at radius 2 is 1.70 bits per heavy atom. The predicted octanol–water partition coefficient (Wildman–Crippen LogP) is 2.77. The van der Waals surface area contributed by atoms with Gasteiger partial charge in [-0.3, -0.25) is 14.5 Å². The van der Waals surface area contributed by atoms with Crippen molar-refractivity contribution in [3.05, 3.63) is 35.4 Å². The fraction of sp³-hybridized carbons (Fsp3) is 0.640. The Morgan fingerprint density at radius 3 is 2.33 bits per heavy atom. The van der Waals surface area contributed by atoms with Gasteiger partial charge < -0.3 is 19.7 Å². The number of rotatable bonds is 5. The summed E-state index contributed by atoms with van der Waals surface area (Å²) in [6, 6.07) is 8.02. The number of carbonyl (C=O) groups is 3. The van der Waals surface area contributed by atoms with E-state index < -0.39 is 11.3 Å². The topological polar surface area (TPSA) is 88.2 Å². The van der Waals surface area contributed by atoms with E-state index in [0.29, 0.717) is 64.3 Å². The average molecular weight is 456 g/mol. The minimum absolute atomic E-state index is 0.0475. The van der Waals surface area contributed by atoms with Gasteiger partial charge >= 0.3 is 6.03 Å². The molecule has 4 fully saturated rings. The van der Waals surface area contributed by atoms with Crippen LogP contribution in [0.25, 0.3) is 0 Å². The van der Waals surface area contributed by atoms with Gasteiger partial charge in [0.05, 0.1) is 13.2 Å². The molecule has 3 heterocycles. The van der Waals surface area contributed by atoms with Crippen molar-refractivity contribution in [2.45, 2.75) is 69.7 Å². The standard InChI is InChI=1S/C25H33N3O5/c1-17(2)20-5-3-18(4-6-20)14-27-15-19(13-21(27)29)16-28-22(30)24(26-23(28)31)7-9-25(10-8-24)32-11-12-33-25/h3-6,17,19H,7-16H2,1-2H3,(H,26,31). The van der Waals surface area contributed by atoms with E-state index in [1.54, 1.807) is 0 Å². The van der Waals surface area contributed by atoms with E-state index in [-0.39, 0.29) is 30.3 Å². The average Bonchev–Trinajstić information content (AvgIpc) is 3.45. The van der Waals surface area contributed by atoms with E-state index in [0.717, 1.165) is 5.56 Å². The Hall–Kier alpha value is -2.45. The van der Waals surface area contributed by atoms with Crippen LogP contribution in [0.4, 0.5) is 4.79 Å². The zero-order chi connectivity index (χ0) is 23.2. The van der Waals surface area contributed by atoms with Crippen LogP contribution in [0.5, 0.6) is 0 Å². The Kier molecular flexibility index (Phi) is 5.69. The highest BCUT2D eigenvalue weighted by Gasteiger charge is 2.56. The molecule has 0 radical (unpaired) electrons. The molecule has 1 aliphatic carbocycles. The van der Waals surface area contributed by atoms with Crippen molar-refractivity contribution in [2.75, 3.05) is 26.3 Å². The number of benzene rings is 1. The number of likely N-dealkylation sites (tertiary alicyclic amines) is 1. The minimum Gasteiger partial charge on any atom is -0.348 e. The lowest BCUT2D eigenvalue weighted by Gasteiger charge is -2.39. The molecule has 1 aromatic carbocycles. The lowest BCUT2D eigenvalue weighted by atomic mass is 9.78. The first kappa shape index (κ1) is 22.3. The maximum atomic E-state index is 13.3. The maximum absolute atomic E-state index is 13.3. The molecule has 1 atom stereocenters. The Morgan fingerprint density at radius 1 is 1.03 bits per heavy atom. The molecule has 2 spiro atoms. The number of urea groups is 1. The molecule has 5 rings (SSSR count). The summed E-state index contributed by atoms with van der Waals surface area (Å²) in [7, 11) is 0. The summed E-state index contributed by atoms with van der Waals surface area (Å²) in [6.45, 7) is 6.86. The normalized spacial score (nSPS) is 26.3. The number of carbonyl (C=O) groups excluding carboxylic acids is 3. The first-order chi connectivity index (χ1) is 15.8. The summed E-state index contributed by atoms with van der Waals surface area (Å²) in [5.41, 5.74) is 1.50. The summed E-state index contributed by atoms with van der Waals surface area (Å²) in [4.78, 5) is 41.8. The molecule has 0 bridgehead atoms. The number of hydrogen-bond acceptors (Lipinski definition) is 5. The summed E-state index contributed by atoms with van der Waals surface area (Å²) < 4.78 is 11.5. The van der Waals surface area contributed by atoms with Crippen molar-refractivity contribution in [2.24, 2.45) is 5.92 Å². The van der Waals surface area contributed by atoms with Gasteiger partial charge in [-0.05, 0) is 29.9 Å². The summed E-state index contributed by atoms with van der Waals surface area (Å²) in [5.74, 6) is -0.263. The van der Waals surface area contributed by atoms with Crippen LogP contribution in [0, 0.1) is 5.92 Å². The maximum Gasteiger partial charge on any atom is 0.325 e. The predicted molar refractivity (Wildman–Crippen MR) is 120 cm³/mol. The molecule has 8 nitrogen and oxygen atoms in total. The van der Waals surface area contributed by atoms with Gasteiger partial charge in [-0.1, -0.05) is 38.1 Å². The van der Waals surface area contributed by atoms with Crippen molar-refractivity contribution in [3.8, 4) is 0 Å². The van der Waals surface area contributed by atoms with Crippen molar-refractivity contribution >= 4 is 17.8 Å². The molecule has 1 saturated carbocycles. The number of imide groups is 1. The quantitative estimate of drug-likeness (QED) is 0.690. The number of nitrogens with one attached hydrogen (secondary N) is 1. The second-order valence-electron chi connectivity index (χ2n) is 10.3. The number of nitrogens with zero attached hydrogens (tertiary/aromatic N) is 2. The first-order valence-electron chi connectivity index (χ1n) is 12.1. The molecular weight excluding hydrogens is 422 g/mol. The smallest absolute Gasteiger partial charge is 0.325 e. The molecule has 1 aromatic rings. The third-order valence-corrected chi connectivity index (χ3v) is 7.68. The zero-order valence-corrected chi connectivity index (χ0v) is 19.5. The van der Waals surface area contributed by atoms with E-state index in [1.165, 1.54) is 10.5 Å². The van der Waals surface area contributed by atoms with Crippen molar-refractivity contribution in [1.82, 2.24) is 15.1 Å². The van der Waals surface area contributed by atoms with Crippen LogP contribution in [-0.2, 0) is 25.6 Å². The van der Waals surface area contributed by atoms with Gasteiger partial charge in [0, 0.05) is 44.8 Å². The molecule has 3 saturated heterocycles. The third kappa shape index (κ3) is 4.15. The van der Waals surface area contributed by atoms with Crippen molar-refractivity contribution in [1.29, 1.82) is 0 Å². The van der Waals surface area contributed by atoms with Crippen LogP contribution in [0.15, 0.2) is 24.3 Å². The number of hydrogen-bond donors (Lipinski definition) is 1.